The zero-order valence-corrected chi connectivity index (χ0v) is 8.86. The summed E-state index contributed by atoms with van der Waals surface area (Å²) in [6.45, 7) is 0.741. The Morgan fingerprint density at radius 1 is 1.40 bits per heavy atom. The second-order valence-corrected chi connectivity index (χ2v) is 3.63. The number of nitrogens with two attached hydrogens (primary N) is 1. The normalized spacial score (nSPS) is 12.5. The first-order valence-electron chi connectivity index (χ1n) is 4.96. The Balaban J connectivity index is 2.46. The maximum absolute atomic E-state index is 12.6. The number of rotatable bonds is 5. The first-order chi connectivity index (χ1) is 7.13. The largest absolute Gasteiger partial charge is 0.395 e. The molecular weight excluding hydrogens is 195 g/mol. The molecule has 0 aliphatic heterocycles. The topological polar surface area (TPSA) is 49.5 Å². The van der Waals surface area contributed by atoms with Gasteiger partial charge in [-0.05, 0) is 30.7 Å². The van der Waals surface area contributed by atoms with Gasteiger partial charge in [-0.15, -0.1) is 0 Å². The number of nitrogens with zero attached hydrogens (tertiary/aromatic N) is 1. The predicted molar refractivity (Wildman–Crippen MR) is 59.3 cm³/mol. The summed E-state index contributed by atoms with van der Waals surface area (Å²) in [6.07, 6.45) is 0.713. The summed E-state index contributed by atoms with van der Waals surface area (Å²) in [5.74, 6) is -0.237. The van der Waals surface area contributed by atoms with Gasteiger partial charge in [0, 0.05) is 25.3 Å². The standard InChI is InChI=1S/C11H17FN2O/c1-14(7-6-10(13)8-15)11-4-2-9(12)3-5-11/h2-5,10,15H,6-8,13H2,1H3. The van der Waals surface area contributed by atoms with E-state index in [4.69, 9.17) is 10.8 Å². The highest BCUT2D eigenvalue weighted by Gasteiger charge is 2.04. The van der Waals surface area contributed by atoms with Crippen LogP contribution < -0.4 is 10.6 Å². The maximum Gasteiger partial charge on any atom is 0.123 e. The van der Waals surface area contributed by atoms with Gasteiger partial charge in [0.15, 0.2) is 0 Å². The fourth-order valence-corrected chi connectivity index (χ4v) is 1.28. The molecule has 0 heterocycles. The molecule has 1 aromatic carbocycles. The molecule has 0 fully saturated rings. The third-order valence-electron chi connectivity index (χ3n) is 2.34. The Bertz CT molecular complexity index is 289. The Morgan fingerprint density at radius 3 is 2.53 bits per heavy atom. The van der Waals surface area contributed by atoms with Gasteiger partial charge in [0.2, 0.25) is 0 Å². The molecular formula is C11H17FN2O. The summed E-state index contributed by atoms with van der Waals surface area (Å²) in [6, 6.07) is 6.11. The summed E-state index contributed by atoms with van der Waals surface area (Å²) < 4.78 is 12.6. The summed E-state index contributed by atoms with van der Waals surface area (Å²) in [4.78, 5) is 1.98. The zero-order chi connectivity index (χ0) is 11.3. The minimum Gasteiger partial charge on any atom is -0.395 e. The summed E-state index contributed by atoms with van der Waals surface area (Å²) in [7, 11) is 1.91. The van der Waals surface area contributed by atoms with Crippen LogP contribution in [0, 0.1) is 5.82 Å². The number of benzene rings is 1. The van der Waals surface area contributed by atoms with Crippen LogP contribution in [0.3, 0.4) is 0 Å². The van der Waals surface area contributed by atoms with E-state index >= 15 is 0 Å². The molecule has 4 heteroatoms. The minimum atomic E-state index is -0.237. The molecule has 1 rings (SSSR count). The molecule has 0 amide bonds. The highest BCUT2D eigenvalue weighted by Crippen LogP contribution is 2.13. The summed E-state index contributed by atoms with van der Waals surface area (Å²) >= 11 is 0. The third-order valence-corrected chi connectivity index (χ3v) is 2.34. The second kappa shape index (κ2) is 5.68. The number of aliphatic hydroxyl groups is 1. The predicted octanol–water partition coefficient (Wildman–Crippen LogP) is 0.972. The van der Waals surface area contributed by atoms with Crippen molar-refractivity contribution in [2.45, 2.75) is 12.5 Å². The molecule has 0 saturated carbocycles. The Hall–Kier alpha value is -1.13. The third kappa shape index (κ3) is 3.85. The van der Waals surface area contributed by atoms with Crippen LogP contribution >= 0.6 is 0 Å². The number of aliphatic hydroxyl groups excluding tert-OH is 1. The lowest BCUT2D eigenvalue weighted by Gasteiger charge is -2.20. The number of hydrogen-bond donors (Lipinski definition) is 2. The van der Waals surface area contributed by atoms with Crippen molar-refractivity contribution in [2.75, 3.05) is 25.1 Å². The highest BCUT2D eigenvalue weighted by molar-refractivity contribution is 5.45. The maximum atomic E-state index is 12.6. The lowest BCUT2D eigenvalue weighted by atomic mass is 10.2. The van der Waals surface area contributed by atoms with Gasteiger partial charge < -0.3 is 15.7 Å². The van der Waals surface area contributed by atoms with Crippen LogP contribution in [0.4, 0.5) is 10.1 Å². The van der Waals surface area contributed by atoms with Crippen LogP contribution in [-0.4, -0.2) is 31.3 Å². The molecule has 0 saturated heterocycles. The van der Waals surface area contributed by atoms with Crippen LogP contribution in [0.2, 0.25) is 0 Å². The van der Waals surface area contributed by atoms with Crippen LogP contribution in [0.25, 0.3) is 0 Å². The molecule has 15 heavy (non-hydrogen) atoms. The minimum absolute atomic E-state index is 0.00272. The zero-order valence-electron chi connectivity index (χ0n) is 8.86. The van der Waals surface area contributed by atoms with E-state index in [0.29, 0.717) is 6.42 Å². The van der Waals surface area contributed by atoms with E-state index in [1.807, 2.05) is 11.9 Å². The summed E-state index contributed by atoms with van der Waals surface area (Å²) in [5, 5.41) is 8.76. The van der Waals surface area contributed by atoms with Gasteiger partial charge in [-0.1, -0.05) is 0 Å². The average Bonchev–Trinajstić information content (AvgIpc) is 2.26. The van der Waals surface area contributed by atoms with Crippen molar-refractivity contribution in [1.29, 1.82) is 0 Å². The van der Waals surface area contributed by atoms with Crippen molar-refractivity contribution in [3.63, 3.8) is 0 Å². The molecule has 0 aliphatic carbocycles. The van der Waals surface area contributed by atoms with Gasteiger partial charge in [0.25, 0.3) is 0 Å². The SMILES string of the molecule is CN(CCC(N)CO)c1ccc(F)cc1. The number of halogens is 1. The first kappa shape index (κ1) is 11.9. The van der Waals surface area contributed by atoms with Gasteiger partial charge >= 0.3 is 0 Å². The molecule has 3 N–H and O–H groups in total. The Kier molecular flexibility index (Phi) is 4.52. The Morgan fingerprint density at radius 2 is 2.00 bits per heavy atom. The highest BCUT2D eigenvalue weighted by atomic mass is 19.1. The number of hydrogen-bond acceptors (Lipinski definition) is 3. The monoisotopic (exact) mass is 212 g/mol. The van der Waals surface area contributed by atoms with Crippen LogP contribution in [0.1, 0.15) is 6.42 Å². The van der Waals surface area contributed by atoms with Crippen molar-refractivity contribution in [2.24, 2.45) is 5.73 Å². The van der Waals surface area contributed by atoms with E-state index in [1.54, 1.807) is 12.1 Å². The fourth-order valence-electron chi connectivity index (χ4n) is 1.28. The molecule has 0 spiro atoms. The van der Waals surface area contributed by atoms with Crippen LogP contribution in [0.15, 0.2) is 24.3 Å². The molecule has 1 atom stereocenters. The van der Waals surface area contributed by atoms with Crippen LogP contribution in [0.5, 0.6) is 0 Å². The van der Waals surface area contributed by atoms with Crippen LogP contribution in [-0.2, 0) is 0 Å². The number of anilines is 1. The molecule has 0 radical (unpaired) electrons. The molecule has 84 valence electrons. The molecule has 0 aromatic heterocycles. The van der Waals surface area contributed by atoms with Gasteiger partial charge in [0.05, 0.1) is 6.61 Å². The van der Waals surface area contributed by atoms with Crippen molar-refractivity contribution >= 4 is 5.69 Å². The van der Waals surface area contributed by atoms with Crippen molar-refractivity contribution < 1.29 is 9.50 Å². The second-order valence-electron chi connectivity index (χ2n) is 3.63. The first-order valence-corrected chi connectivity index (χ1v) is 4.96. The van der Waals surface area contributed by atoms with Gasteiger partial charge in [-0.2, -0.15) is 0 Å². The van der Waals surface area contributed by atoms with Crippen molar-refractivity contribution in [3.05, 3.63) is 30.1 Å². The quantitative estimate of drug-likeness (QED) is 0.764. The molecule has 0 bridgehead atoms. The van der Waals surface area contributed by atoms with E-state index in [1.165, 1.54) is 12.1 Å². The molecule has 0 aliphatic rings. The van der Waals surface area contributed by atoms with Gasteiger partial charge in [0.1, 0.15) is 5.82 Å². The van der Waals surface area contributed by atoms with Gasteiger partial charge in [-0.3, -0.25) is 0 Å². The van der Waals surface area contributed by atoms with E-state index in [0.717, 1.165) is 12.2 Å². The molecule has 1 unspecified atom stereocenters. The molecule has 3 nitrogen and oxygen atoms in total. The van der Waals surface area contributed by atoms with Crippen molar-refractivity contribution in [3.8, 4) is 0 Å². The van der Waals surface area contributed by atoms with Crippen molar-refractivity contribution in [1.82, 2.24) is 0 Å². The van der Waals surface area contributed by atoms with E-state index in [-0.39, 0.29) is 18.5 Å². The fraction of sp³-hybridized carbons (Fsp3) is 0.455. The van der Waals surface area contributed by atoms with E-state index < -0.39 is 0 Å². The lowest BCUT2D eigenvalue weighted by molar-refractivity contribution is 0.261. The summed E-state index contributed by atoms with van der Waals surface area (Å²) in [5.41, 5.74) is 6.53. The van der Waals surface area contributed by atoms with E-state index in [2.05, 4.69) is 0 Å². The molecule has 1 aromatic rings. The van der Waals surface area contributed by atoms with E-state index in [9.17, 15) is 4.39 Å². The smallest absolute Gasteiger partial charge is 0.123 e. The average molecular weight is 212 g/mol. The Labute approximate surface area is 89.3 Å². The lowest BCUT2D eigenvalue weighted by Crippen LogP contribution is -2.30. The van der Waals surface area contributed by atoms with Gasteiger partial charge in [-0.25, -0.2) is 4.39 Å².